The van der Waals surface area contributed by atoms with Crippen molar-refractivity contribution in [2.24, 2.45) is 0 Å². The summed E-state index contributed by atoms with van der Waals surface area (Å²) in [6.45, 7) is 5.79. The van der Waals surface area contributed by atoms with Gasteiger partial charge in [0.15, 0.2) is 0 Å². The maximum absolute atomic E-state index is 12.9. The number of esters is 1. The molecule has 27 heavy (non-hydrogen) atoms. The Labute approximate surface area is 161 Å². The van der Waals surface area contributed by atoms with E-state index in [4.69, 9.17) is 4.74 Å². The Kier molecular flexibility index (Phi) is 7.13. The largest absolute Gasteiger partial charge is 0.468 e. The molecule has 2 N–H and O–H groups in total. The van der Waals surface area contributed by atoms with Gasteiger partial charge in [0.25, 0.3) is 0 Å². The van der Waals surface area contributed by atoms with Crippen molar-refractivity contribution in [3.05, 3.63) is 71.8 Å². The van der Waals surface area contributed by atoms with Crippen molar-refractivity contribution in [1.29, 1.82) is 0 Å². The molecule has 0 radical (unpaired) electrons. The van der Waals surface area contributed by atoms with Gasteiger partial charge >= 0.3 is 5.97 Å². The van der Waals surface area contributed by atoms with E-state index < -0.39 is 18.1 Å². The van der Waals surface area contributed by atoms with Crippen LogP contribution in [0.25, 0.3) is 0 Å². The van der Waals surface area contributed by atoms with Gasteiger partial charge in [0, 0.05) is 5.54 Å². The average Bonchev–Trinajstić information content (AvgIpc) is 2.64. The highest BCUT2D eigenvalue weighted by Crippen LogP contribution is 2.17. The molecule has 5 heteroatoms. The minimum absolute atomic E-state index is 0.156. The summed E-state index contributed by atoms with van der Waals surface area (Å²) in [5.74, 6) is -0.584. The summed E-state index contributed by atoms with van der Waals surface area (Å²) in [5, 5.41) is 6.21. The fourth-order valence-electron chi connectivity index (χ4n) is 2.80. The summed E-state index contributed by atoms with van der Waals surface area (Å²) < 4.78 is 4.97. The van der Waals surface area contributed by atoms with Crippen molar-refractivity contribution in [2.75, 3.05) is 7.11 Å². The van der Waals surface area contributed by atoms with E-state index in [1.165, 1.54) is 7.11 Å². The van der Waals surface area contributed by atoms with Crippen LogP contribution in [0.1, 0.15) is 37.9 Å². The number of benzene rings is 2. The van der Waals surface area contributed by atoms with E-state index in [0.717, 1.165) is 11.1 Å². The first-order valence-electron chi connectivity index (χ1n) is 9.05. The van der Waals surface area contributed by atoms with E-state index in [9.17, 15) is 9.59 Å². The van der Waals surface area contributed by atoms with Gasteiger partial charge in [-0.15, -0.1) is 0 Å². The quantitative estimate of drug-likeness (QED) is 0.737. The van der Waals surface area contributed by atoms with Crippen LogP contribution in [-0.2, 0) is 20.7 Å². The molecule has 0 fully saturated rings. The molecule has 0 bridgehead atoms. The number of carbonyl (C=O) groups excluding carboxylic acids is 2. The fourth-order valence-corrected chi connectivity index (χ4v) is 2.80. The molecule has 2 aromatic carbocycles. The van der Waals surface area contributed by atoms with E-state index in [0.29, 0.717) is 6.42 Å². The van der Waals surface area contributed by atoms with Gasteiger partial charge in [0.05, 0.1) is 13.2 Å². The lowest BCUT2D eigenvalue weighted by Crippen LogP contribution is -2.53. The number of nitrogens with one attached hydrogen (secondary N) is 2. The van der Waals surface area contributed by atoms with Crippen LogP contribution in [0.5, 0.6) is 0 Å². The predicted molar refractivity (Wildman–Crippen MR) is 106 cm³/mol. The molecule has 0 saturated heterocycles. The van der Waals surface area contributed by atoms with Crippen molar-refractivity contribution in [1.82, 2.24) is 10.6 Å². The van der Waals surface area contributed by atoms with Gasteiger partial charge in [-0.1, -0.05) is 60.7 Å². The summed E-state index contributed by atoms with van der Waals surface area (Å²) in [7, 11) is 1.35. The molecule has 0 aliphatic heterocycles. The molecule has 0 spiro atoms. The molecule has 0 aliphatic rings. The molecule has 0 aliphatic carbocycles. The monoisotopic (exact) mass is 368 g/mol. The van der Waals surface area contributed by atoms with Gasteiger partial charge in [-0.3, -0.25) is 10.1 Å². The number of hydrogen-bond donors (Lipinski definition) is 2. The van der Waals surface area contributed by atoms with E-state index in [1.807, 2.05) is 81.4 Å². The van der Waals surface area contributed by atoms with Gasteiger partial charge in [-0.25, -0.2) is 4.79 Å². The molecular weight excluding hydrogens is 340 g/mol. The Morgan fingerprint density at radius 3 is 2.04 bits per heavy atom. The molecule has 0 aromatic heterocycles. The van der Waals surface area contributed by atoms with Crippen LogP contribution in [0.2, 0.25) is 0 Å². The summed E-state index contributed by atoms with van der Waals surface area (Å²) in [5.41, 5.74) is 1.39. The number of rotatable bonds is 7. The van der Waals surface area contributed by atoms with Crippen molar-refractivity contribution in [2.45, 2.75) is 44.8 Å². The zero-order chi connectivity index (χ0) is 19.9. The van der Waals surface area contributed by atoms with E-state index in [-0.39, 0.29) is 11.4 Å². The highest BCUT2D eigenvalue weighted by molar-refractivity contribution is 5.84. The highest BCUT2D eigenvalue weighted by Gasteiger charge is 2.30. The maximum atomic E-state index is 12.9. The number of carbonyl (C=O) groups is 2. The number of amides is 1. The van der Waals surface area contributed by atoms with E-state index in [2.05, 4.69) is 10.6 Å². The third kappa shape index (κ3) is 6.53. The topological polar surface area (TPSA) is 67.4 Å². The summed E-state index contributed by atoms with van der Waals surface area (Å²) in [6, 6.07) is 17.7. The zero-order valence-electron chi connectivity index (χ0n) is 16.4. The van der Waals surface area contributed by atoms with Crippen molar-refractivity contribution in [3.63, 3.8) is 0 Å². The summed E-state index contributed by atoms with van der Waals surface area (Å²) in [4.78, 5) is 25.3. The second-order valence-corrected chi connectivity index (χ2v) is 7.52. The lowest BCUT2D eigenvalue weighted by atomic mass is 10.00. The predicted octanol–water partition coefficient (Wildman–Crippen LogP) is 3.02. The molecule has 0 heterocycles. The normalized spacial score (nSPS) is 13.5. The first-order valence-corrected chi connectivity index (χ1v) is 9.05. The summed E-state index contributed by atoms with van der Waals surface area (Å²) in [6.07, 6.45) is 0.461. The lowest BCUT2D eigenvalue weighted by Gasteiger charge is -2.28. The Bertz CT molecular complexity index is 739. The molecule has 2 aromatic rings. The molecule has 2 unspecified atom stereocenters. The third-order valence-electron chi connectivity index (χ3n) is 4.03. The van der Waals surface area contributed by atoms with Crippen LogP contribution < -0.4 is 10.6 Å². The Balaban J connectivity index is 2.29. The minimum atomic E-state index is -0.726. The highest BCUT2D eigenvalue weighted by atomic mass is 16.5. The van der Waals surface area contributed by atoms with Crippen LogP contribution in [0.15, 0.2) is 60.7 Å². The SMILES string of the molecule is COC(=O)C(NC(Cc1ccccc1)C(=O)NC(C)(C)C)c1ccccc1. The fraction of sp³-hybridized carbons (Fsp3) is 0.364. The second kappa shape index (κ2) is 9.33. The Morgan fingerprint density at radius 2 is 1.52 bits per heavy atom. The van der Waals surface area contributed by atoms with Crippen molar-refractivity contribution < 1.29 is 14.3 Å². The molecule has 2 rings (SSSR count). The van der Waals surface area contributed by atoms with Crippen LogP contribution in [0, 0.1) is 0 Å². The Hall–Kier alpha value is -2.66. The standard InChI is InChI=1S/C22H28N2O3/c1-22(2,3)24-20(25)18(15-16-11-7-5-8-12-16)23-19(21(26)27-4)17-13-9-6-10-14-17/h5-14,18-19,23H,15H2,1-4H3,(H,24,25). The first-order chi connectivity index (χ1) is 12.8. The third-order valence-corrected chi connectivity index (χ3v) is 4.03. The molecule has 0 saturated carbocycles. The second-order valence-electron chi connectivity index (χ2n) is 7.52. The van der Waals surface area contributed by atoms with E-state index in [1.54, 1.807) is 0 Å². The number of methoxy groups -OCH3 is 1. The van der Waals surface area contributed by atoms with Gasteiger partial charge in [0.2, 0.25) is 5.91 Å². The molecule has 2 atom stereocenters. The average molecular weight is 368 g/mol. The molecule has 1 amide bonds. The number of ether oxygens (including phenoxy) is 1. The first kappa shape index (κ1) is 20.6. The van der Waals surface area contributed by atoms with Crippen LogP contribution >= 0.6 is 0 Å². The lowest BCUT2D eigenvalue weighted by molar-refractivity contribution is -0.143. The maximum Gasteiger partial charge on any atom is 0.327 e. The van der Waals surface area contributed by atoms with Crippen molar-refractivity contribution in [3.8, 4) is 0 Å². The smallest absolute Gasteiger partial charge is 0.327 e. The molecule has 144 valence electrons. The Morgan fingerprint density at radius 1 is 0.963 bits per heavy atom. The van der Waals surface area contributed by atoms with Crippen LogP contribution in [0.4, 0.5) is 0 Å². The summed E-state index contributed by atoms with van der Waals surface area (Å²) >= 11 is 0. The number of hydrogen-bond acceptors (Lipinski definition) is 4. The van der Waals surface area contributed by atoms with Gasteiger partial charge in [-0.2, -0.15) is 0 Å². The van der Waals surface area contributed by atoms with Gasteiger partial charge in [0.1, 0.15) is 6.04 Å². The van der Waals surface area contributed by atoms with Gasteiger partial charge in [-0.05, 0) is 38.3 Å². The zero-order valence-corrected chi connectivity index (χ0v) is 16.4. The van der Waals surface area contributed by atoms with Crippen LogP contribution in [0.3, 0.4) is 0 Å². The van der Waals surface area contributed by atoms with Gasteiger partial charge < -0.3 is 10.1 Å². The minimum Gasteiger partial charge on any atom is -0.468 e. The van der Waals surface area contributed by atoms with Crippen molar-refractivity contribution >= 4 is 11.9 Å². The molecule has 5 nitrogen and oxygen atoms in total. The van der Waals surface area contributed by atoms with Crippen LogP contribution in [-0.4, -0.2) is 30.6 Å². The molecular formula is C22H28N2O3. The van der Waals surface area contributed by atoms with E-state index >= 15 is 0 Å².